The van der Waals surface area contributed by atoms with Crippen LogP contribution in [0.3, 0.4) is 0 Å². The van der Waals surface area contributed by atoms with Crippen LogP contribution in [0.2, 0.25) is 0 Å². The molecule has 0 fully saturated rings. The molecule has 0 aliphatic heterocycles. The molecule has 0 heterocycles. The molecule has 2 heteroatoms. The van der Waals surface area contributed by atoms with Crippen LogP contribution in [0.5, 0.6) is 11.5 Å². The number of hydrogen-bond donors (Lipinski definition) is 0. The summed E-state index contributed by atoms with van der Waals surface area (Å²) >= 11 is 0. The van der Waals surface area contributed by atoms with Crippen molar-refractivity contribution in [1.82, 2.24) is 0 Å². The first-order chi connectivity index (χ1) is 13.8. The Balaban J connectivity index is 1.83. The van der Waals surface area contributed by atoms with Crippen molar-refractivity contribution < 1.29 is 4.74 Å². The molecular weight excluding hydrogens is 351 g/mol. The Labute approximate surface area is 177 Å². The average Bonchev–Trinajstić information content (AvgIpc) is 2.66. The van der Waals surface area contributed by atoms with Crippen molar-refractivity contribution in [1.29, 1.82) is 0 Å². The molecule has 1 atom stereocenters. The third-order valence-corrected chi connectivity index (χ3v) is 5.89. The molecule has 0 bridgehead atoms. The van der Waals surface area contributed by atoms with Crippen molar-refractivity contribution in [3.63, 3.8) is 0 Å². The van der Waals surface area contributed by atoms with Crippen LogP contribution in [-0.2, 0) is 0 Å². The van der Waals surface area contributed by atoms with Gasteiger partial charge in [-0.15, -0.1) is 0 Å². The molecule has 0 aliphatic rings. The Bertz CT molecular complexity index is 956. The largest absolute Gasteiger partial charge is 0.457 e. The second-order valence-corrected chi connectivity index (χ2v) is 8.41. The van der Waals surface area contributed by atoms with Gasteiger partial charge in [0.1, 0.15) is 11.5 Å². The Kier molecular flexibility index (Phi) is 6.52. The molecule has 0 saturated heterocycles. The van der Waals surface area contributed by atoms with Crippen LogP contribution >= 0.6 is 0 Å². The van der Waals surface area contributed by atoms with Gasteiger partial charge in [0.15, 0.2) is 7.28 Å². The van der Waals surface area contributed by atoms with Crippen LogP contribution in [0.15, 0.2) is 48.5 Å². The first-order valence-electron chi connectivity index (χ1n) is 10.6. The van der Waals surface area contributed by atoms with E-state index < -0.39 is 0 Å². The van der Waals surface area contributed by atoms with Crippen LogP contribution in [0.4, 0.5) is 0 Å². The molecule has 0 saturated carbocycles. The minimum atomic E-state index is 0.581. The van der Waals surface area contributed by atoms with Gasteiger partial charge in [-0.3, -0.25) is 0 Å². The molecular formula is C27H32BO. The molecule has 0 aliphatic carbocycles. The Morgan fingerprint density at radius 3 is 1.69 bits per heavy atom. The van der Waals surface area contributed by atoms with Gasteiger partial charge in [-0.1, -0.05) is 76.9 Å². The average molecular weight is 383 g/mol. The lowest BCUT2D eigenvalue weighted by Crippen LogP contribution is -2.34. The van der Waals surface area contributed by atoms with E-state index >= 15 is 0 Å². The fraction of sp³-hybridized carbons (Fsp3) is 0.333. The molecule has 3 rings (SSSR count). The van der Waals surface area contributed by atoms with Gasteiger partial charge in [-0.2, -0.15) is 0 Å². The Morgan fingerprint density at radius 1 is 0.724 bits per heavy atom. The summed E-state index contributed by atoms with van der Waals surface area (Å²) in [5, 5.41) is 0. The first kappa shape index (κ1) is 21.2. The lowest BCUT2D eigenvalue weighted by Gasteiger charge is -2.16. The molecule has 0 N–H and O–H groups in total. The van der Waals surface area contributed by atoms with Gasteiger partial charge in [0, 0.05) is 0 Å². The van der Waals surface area contributed by atoms with E-state index in [1.807, 2.05) is 0 Å². The Hall–Kier alpha value is -2.48. The van der Waals surface area contributed by atoms with Gasteiger partial charge in [-0.25, -0.2) is 0 Å². The molecule has 0 spiro atoms. The molecule has 0 amide bonds. The lowest BCUT2D eigenvalue weighted by atomic mass is 9.58. The van der Waals surface area contributed by atoms with Gasteiger partial charge in [0.2, 0.25) is 0 Å². The second-order valence-electron chi connectivity index (χ2n) is 8.41. The summed E-state index contributed by atoms with van der Waals surface area (Å²) in [6, 6.07) is 17.3. The van der Waals surface area contributed by atoms with E-state index in [4.69, 9.17) is 4.74 Å². The number of ether oxygens (including phenoxy) is 1. The Morgan fingerprint density at radius 2 is 1.21 bits per heavy atom. The van der Waals surface area contributed by atoms with Gasteiger partial charge < -0.3 is 4.74 Å². The van der Waals surface area contributed by atoms with E-state index in [-0.39, 0.29) is 0 Å². The van der Waals surface area contributed by atoms with Gasteiger partial charge in [0.25, 0.3) is 0 Å². The smallest absolute Gasteiger partial charge is 0.192 e. The van der Waals surface area contributed by atoms with E-state index in [1.165, 1.54) is 44.3 Å². The lowest BCUT2D eigenvalue weighted by molar-refractivity contribution is 0.481. The normalized spacial score (nSPS) is 12.0. The highest BCUT2D eigenvalue weighted by Crippen LogP contribution is 2.26. The van der Waals surface area contributed by atoms with Crippen LogP contribution in [0.25, 0.3) is 0 Å². The van der Waals surface area contributed by atoms with Crippen molar-refractivity contribution in [3.05, 3.63) is 81.9 Å². The third kappa shape index (κ3) is 4.93. The van der Waals surface area contributed by atoms with E-state index in [2.05, 4.69) is 104 Å². The predicted molar refractivity (Wildman–Crippen MR) is 127 cm³/mol. The quantitative estimate of drug-likeness (QED) is 0.461. The van der Waals surface area contributed by atoms with Gasteiger partial charge in [0.05, 0.1) is 0 Å². The molecule has 1 nitrogen and oxygen atoms in total. The van der Waals surface area contributed by atoms with Crippen LogP contribution in [0.1, 0.15) is 59.6 Å². The number of hydrogen-bond acceptors (Lipinski definition) is 1. The fourth-order valence-corrected chi connectivity index (χ4v) is 4.02. The monoisotopic (exact) mass is 383 g/mol. The summed E-state index contributed by atoms with van der Waals surface area (Å²) in [5.74, 6) is 2.36. The van der Waals surface area contributed by atoms with Crippen molar-refractivity contribution in [2.45, 2.75) is 60.8 Å². The molecule has 1 unspecified atom stereocenters. The zero-order chi connectivity index (χ0) is 21.1. The fourth-order valence-electron chi connectivity index (χ4n) is 4.02. The van der Waals surface area contributed by atoms with Crippen molar-refractivity contribution in [2.75, 3.05) is 0 Å². The van der Waals surface area contributed by atoms with Gasteiger partial charge >= 0.3 is 0 Å². The summed E-state index contributed by atoms with van der Waals surface area (Å²) in [6.07, 6.45) is 1.15. The van der Waals surface area contributed by atoms with Crippen molar-refractivity contribution in [2.24, 2.45) is 0 Å². The van der Waals surface area contributed by atoms with E-state index in [1.54, 1.807) is 0 Å². The first-order valence-corrected chi connectivity index (χ1v) is 10.6. The highest BCUT2D eigenvalue weighted by molar-refractivity contribution is 6.69. The van der Waals surface area contributed by atoms with E-state index in [0.717, 1.165) is 17.9 Å². The maximum atomic E-state index is 6.16. The standard InChI is InChI=1S/C27H32BO/c1-8-18(3)23-9-11-24(12-10-23)29-25-15-21(6)27(22(7)16-25)28-26-19(4)13-17(2)14-20(26)5/h9-16,18H,8H2,1-7H3. The van der Waals surface area contributed by atoms with Crippen molar-refractivity contribution >= 4 is 18.2 Å². The predicted octanol–water partition coefficient (Wildman–Crippen LogP) is 6.19. The number of aryl methyl sites for hydroxylation is 5. The van der Waals surface area contributed by atoms with Crippen LogP contribution in [-0.4, -0.2) is 7.28 Å². The minimum Gasteiger partial charge on any atom is -0.457 e. The van der Waals surface area contributed by atoms with E-state index in [9.17, 15) is 0 Å². The summed E-state index contributed by atoms with van der Waals surface area (Å²) in [7, 11) is 2.32. The molecule has 3 aromatic rings. The molecule has 149 valence electrons. The number of rotatable bonds is 6. The van der Waals surface area contributed by atoms with Gasteiger partial charge in [-0.05, 0) is 76.8 Å². The summed E-state index contributed by atoms with van der Waals surface area (Å²) < 4.78 is 6.16. The minimum absolute atomic E-state index is 0.581. The molecule has 3 aromatic carbocycles. The maximum Gasteiger partial charge on any atom is 0.192 e. The maximum absolute atomic E-state index is 6.16. The second kappa shape index (κ2) is 8.90. The van der Waals surface area contributed by atoms with Crippen LogP contribution in [0, 0.1) is 34.6 Å². The summed E-state index contributed by atoms with van der Waals surface area (Å²) in [6.45, 7) is 15.3. The van der Waals surface area contributed by atoms with Crippen molar-refractivity contribution in [3.8, 4) is 11.5 Å². The summed E-state index contributed by atoms with van der Waals surface area (Å²) in [4.78, 5) is 0. The number of benzene rings is 3. The third-order valence-electron chi connectivity index (χ3n) is 5.89. The zero-order valence-electron chi connectivity index (χ0n) is 18.9. The summed E-state index contributed by atoms with van der Waals surface area (Å²) in [5.41, 5.74) is 10.4. The molecule has 1 radical (unpaired) electrons. The van der Waals surface area contributed by atoms with E-state index in [0.29, 0.717) is 5.92 Å². The highest BCUT2D eigenvalue weighted by Gasteiger charge is 2.13. The molecule has 29 heavy (non-hydrogen) atoms. The highest BCUT2D eigenvalue weighted by atomic mass is 16.5. The SMILES string of the molecule is CCC(C)c1ccc(Oc2cc(C)c([B]c3c(C)cc(C)cc3C)c(C)c2)cc1. The van der Waals surface area contributed by atoms with Crippen LogP contribution < -0.4 is 15.7 Å². The molecule has 0 aromatic heterocycles. The topological polar surface area (TPSA) is 9.23 Å². The zero-order valence-corrected chi connectivity index (χ0v) is 18.9.